The molecule has 5 rings (SSSR count). The number of H-pyrrole nitrogens is 1. The third-order valence-corrected chi connectivity index (χ3v) is 9.41. The Kier molecular flexibility index (Phi) is 6.71. The van der Waals surface area contributed by atoms with Crippen molar-refractivity contribution in [3.8, 4) is 17.2 Å². The van der Waals surface area contributed by atoms with E-state index in [0.29, 0.717) is 30.6 Å². The number of rotatable bonds is 6. The summed E-state index contributed by atoms with van der Waals surface area (Å²) >= 11 is 1.04. The van der Waals surface area contributed by atoms with Crippen LogP contribution in [0.5, 0.6) is 0 Å². The summed E-state index contributed by atoms with van der Waals surface area (Å²) in [6, 6.07) is 16.7. The number of thioether (sulfide) groups is 1. The second-order valence-electron chi connectivity index (χ2n) is 8.48. The van der Waals surface area contributed by atoms with Crippen LogP contribution >= 0.6 is 11.8 Å². The molecule has 0 spiro atoms. The molecule has 36 heavy (non-hydrogen) atoms. The fourth-order valence-corrected chi connectivity index (χ4v) is 7.07. The average Bonchev–Trinajstić information content (AvgIpc) is 3.37. The maximum Gasteiger partial charge on any atom is 0.250 e. The van der Waals surface area contributed by atoms with Crippen molar-refractivity contribution in [1.82, 2.24) is 14.3 Å². The Morgan fingerprint density at radius 2 is 2.11 bits per heavy atom. The van der Waals surface area contributed by atoms with E-state index in [9.17, 15) is 13.7 Å². The first kappa shape index (κ1) is 24.0. The van der Waals surface area contributed by atoms with Gasteiger partial charge in [0.05, 0.1) is 36.2 Å². The van der Waals surface area contributed by atoms with E-state index in [1.54, 1.807) is 30.7 Å². The molecule has 180 valence electrons. The number of nitrogens with zero attached hydrogens (tertiary/aromatic N) is 4. The lowest BCUT2D eigenvalue weighted by molar-refractivity contribution is 0.375. The number of aromatic nitrogens is 2. The van der Waals surface area contributed by atoms with Gasteiger partial charge >= 0.3 is 0 Å². The number of sulfonamides is 1. The van der Waals surface area contributed by atoms with Gasteiger partial charge in [0, 0.05) is 31.4 Å². The summed E-state index contributed by atoms with van der Waals surface area (Å²) in [7, 11) is -3.89. The molecule has 9 heteroatoms. The second-order valence-corrected chi connectivity index (χ2v) is 11.4. The van der Waals surface area contributed by atoms with Crippen LogP contribution in [0.2, 0.25) is 0 Å². The molecule has 2 aliphatic heterocycles. The van der Waals surface area contributed by atoms with E-state index in [-0.39, 0.29) is 10.8 Å². The monoisotopic (exact) mass is 513 g/mol. The second kappa shape index (κ2) is 10.1. The highest BCUT2D eigenvalue weighted by molar-refractivity contribution is 8.20. The molecule has 3 aromatic rings. The lowest BCUT2D eigenvalue weighted by Gasteiger charge is -2.33. The van der Waals surface area contributed by atoms with Crippen LogP contribution in [0.1, 0.15) is 28.8 Å². The largest absolute Gasteiger partial charge is 0.363 e. The molecule has 0 fully saturated rings. The summed E-state index contributed by atoms with van der Waals surface area (Å²) in [6.07, 6.45) is 5.43. The first-order valence-electron chi connectivity index (χ1n) is 11.3. The number of imidazole rings is 1. The molecule has 0 saturated heterocycles. The van der Waals surface area contributed by atoms with E-state index < -0.39 is 16.1 Å². The standard InChI is InChI=1S/C27H23N5O2S2/c1-20(22-7-3-2-4-8-22)26-18-31(17-24-15-29-19-30-24)25-11-10-21(14-28)13-23(25)16-32(26)36(33,34)27-9-5-6-12-35-27/h2-4,7-11,13,15,19,26H,1,5,16-18H2,(H,29,30)/t26-/m0/s1. The lowest BCUT2D eigenvalue weighted by Crippen LogP contribution is -2.45. The number of allylic oxidation sites excluding steroid dienone is 1. The Bertz CT molecular complexity index is 1530. The number of hydrogen-bond acceptors (Lipinski definition) is 6. The summed E-state index contributed by atoms with van der Waals surface area (Å²) < 4.78 is 29.9. The smallest absolute Gasteiger partial charge is 0.250 e. The Balaban J connectivity index is 1.65. The van der Waals surface area contributed by atoms with E-state index in [0.717, 1.165) is 34.3 Å². The number of benzene rings is 2. The Morgan fingerprint density at radius 3 is 2.81 bits per heavy atom. The maximum atomic E-state index is 14.1. The maximum absolute atomic E-state index is 14.1. The van der Waals surface area contributed by atoms with Crippen LogP contribution in [0.4, 0.5) is 5.69 Å². The third kappa shape index (κ3) is 4.69. The van der Waals surface area contributed by atoms with Crippen molar-refractivity contribution in [2.24, 2.45) is 0 Å². The molecule has 1 atom stereocenters. The van der Waals surface area contributed by atoms with E-state index >= 15 is 0 Å². The molecule has 1 aromatic heterocycles. The molecule has 2 aliphatic rings. The van der Waals surface area contributed by atoms with Gasteiger partial charge in [0.1, 0.15) is 4.24 Å². The number of hydrogen-bond donors (Lipinski definition) is 1. The molecule has 0 radical (unpaired) electrons. The van der Waals surface area contributed by atoms with Crippen molar-refractivity contribution in [2.45, 2.75) is 25.6 Å². The lowest BCUT2D eigenvalue weighted by atomic mass is 10.00. The van der Waals surface area contributed by atoms with Crippen molar-refractivity contribution < 1.29 is 8.42 Å². The van der Waals surface area contributed by atoms with Crippen molar-refractivity contribution in [1.29, 1.82) is 5.26 Å². The average molecular weight is 514 g/mol. The van der Waals surface area contributed by atoms with Crippen LogP contribution in [0.15, 0.2) is 77.9 Å². The van der Waals surface area contributed by atoms with Gasteiger partial charge in [0.15, 0.2) is 0 Å². The minimum absolute atomic E-state index is 0.106. The highest BCUT2D eigenvalue weighted by atomic mass is 32.3. The van der Waals surface area contributed by atoms with Crippen LogP contribution in [0, 0.1) is 22.5 Å². The van der Waals surface area contributed by atoms with Gasteiger partial charge in [0.2, 0.25) is 0 Å². The number of nitriles is 1. The minimum atomic E-state index is -3.89. The molecular formula is C27H23N5O2S2. The first-order valence-corrected chi connectivity index (χ1v) is 13.6. The molecule has 0 saturated carbocycles. The first-order chi connectivity index (χ1) is 17.5. The predicted molar refractivity (Wildman–Crippen MR) is 143 cm³/mol. The predicted octanol–water partition coefficient (Wildman–Crippen LogP) is 4.45. The van der Waals surface area contributed by atoms with Gasteiger partial charge in [-0.1, -0.05) is 42.8 Å². The van der Waals surface area contributed by atoms with Crippen molar-refractivity contribution in [3.05, 3.63) is 100 Å². The van der Waals surface area contributed by atoms with Crippen molar-refractivity contribution in [3.63, 3.8) is 0 Å². The van der Waals surface area contributed by atoms with Crippen LogP contribution in [-0.4, -0.2) is 35.3 Å². The number of anilines is 1. The molecule has 1 N–H and O–H groups in total. The van der Waals surface area contributed by atoms with Gasteiger partial charge in [-0.3, -0.25) is 0 Å². The van der Waals surface area contributed by atoms with Crippen LogP contribution in [-0.2, 0) is 23.1 Å². The molecule has 0 amide bonds. The fourth-order valence-electron chi connectivity index (χ4n) is 4.45. The van der Waals surface area contributed by atoms with Gasteiger partial charge < -0.3 is 9.88 Å². The topological polar surface area (TPSA) is 93.1 Å². The zero-order valence-corrected chi connectivity index (χ0v) is 21.0. The van der Waals surface area contributed by atoms with Gasteiger partial charge in [0.25, 0.3) is 10.0 Å². The summed E-state index contributed by atoms with van der Waals surface area (Å²) in [5.74, 6) is 2.91. The van der Waals surface area contributed by atoms with Crippen molar-refractivity contribution >= 4 is 33.0 Å². The molecule has 2 aromatic carbocycles. The Labute approximate surface area is 215 Å². The molecule has 7 nitrogen and oxygen atoms in total. The normalized spacial score (nSPS) is 17.7. The molecule has 3 heterocycles. The van der Waals surface area contributed by atoms with Crippen LogP contribution in [0.25, 0.3) is 5.57 Å². The van der Waals surface area contributed by atoms with Crippen LogP contribution in [0.3, 0.4) is 0 Å². The SMILES string of the molecule is C=C(c1ccccc1)[C@@H]1CN(Cc2cnc[nH]2)c2ccc(C#N)cc2CN1S(=O)(=O)C1=CCC#CS1. The van der Waals surface area contributed by atoms with Gasteiger partial charge in [-0.15, -0.1) is 0 Å². The number of fused-ring (bicyclic) bond motifs is 1. The number of aromatic amines is 1. The highest BCUT2D eigenvalue weighted by Gasteiger charge is 2.39. The molecular weight excluding hydrogens is 490 g/mol. The summed E-state index contributed by atoms with van der Waals surface area (Å²) in [5, 5.41) is 12.4. The van der Waals surface area contributed by atoms with Crippen LogP contribution < -0.4 is 4.90 Å². The van der Waals surface area contributed by atoms with E-state index in [2.05, 4.69) is 38.7 Å². The highest BCUT2D eigenvalue weighted by Crippen LogP contribution is 2.38. The summed E-state index contributed by atoms with van der Waals surface area (Å²) in [5.41, 5.74) is 4.58. The Hall–Kier alpha value is -3.76. The van der Waals surface area contributed by atoms with E-state index in [1.807, 2.05) is 36.4 Å². The molecule has 0 aliphatic carbocycles. The molecule has 0 unspecified atom stereocenters. The molecule has 0 bridgehead atoms. The van der Waals surface area contributed by atoms with Gasteiger partial charge in [-0.2, -0.15) is 9.57 Å². The fraction of sp³-hybridized carbons (Fsp3) is 0.185. The van der Waals surface area contributed by atoms with Gasteiger partial charge in [-0.25, -0.2) is 13.4 Å². The zero-order valence-electron chi connectivity index (χ0n) is 19.4. The van der Waals surface area contributed by atoms with E-state index in [1.165, 1.54) is 4.31 Å². The summed E-state index contributed by atoms with van der Waals surface area (Å²) in [6.45, 7) is 5.34. The number of nitrogens with one attached hydrogen (secondary N) is 1. The third-order valence-electron chi connectivity index (χ3n) is 6.24. The minimum Gasteiger partial charge on any atom is -0.363 e. The van der Waals surface area contributed by atoms with Crippen molar-refractivity contribution in [2.75, 3.05) is 11.4 Å². The van der Waals surface area contributed by atoms with E-state index in [4.69, 9.17) is 0 Å². The quantitative estimate of drug-likeness (QED) is 0.490. The Morgan fingerprint density at radius 1 is 1.28 bits per heavy atom. The summed E-state index contributed by atoms with van der Waals surface area (Å²) in [4.78, 5) is 9.40. The van der Waals surface area contributed by atoms with Gasteiger partial charge in [-0.05, 0) is 58.0 Å². The zero-order chi connectivity index (χ0) is 25.1.